The molecule has 0 heterocycles. The summed E-state index contributed by atoms with van der Waals surface area (Å²) in [5.74, 6) is 1.38. The van der Waals surface area contributed by atoms with E-state index in [0.717, 1.165) is 42.1 Å². The van der Waals surface area contributed by atoms with Crippen LogP contribution in [0.4, 0.5) is 0 Å². The fraction of sp³-hybridized carbons (Fsp3) is 0.471. The molecule has 108 valence electrons. The van der Waals surface area contributed by atoms with Crippen LogP contribution in [-0.4, -0.2) is 17.2 Å². The van der Waals surface area contributed by atoms with E-state index < -0.39 is 5.97 Å². The molecule has 1 aromatic rings. The maximum Gasteiger partial charge on any atom is 0.328 e. The van der Waals surface area contributed by atoms with E-state index in [0.29, 0.717) is 6.10 Å². The summed E-state index contributed by atoms with van der Waals surface area (Å²) in [7, 11) is 0. The van der Waals surface area contributed by atoms with Gasteiger partial charge in [-0.1, -0.05) is 26.0 Å². The third kappa shape index (κ3) is 4.41. The first-order valence-corrected chi connectivity index (χ1v) is 7.20. The summed E-state index contributed by atoms with van der Waals surface area (Å²) < 4.78 is 6.04. The second-order valence-corrected chi connectivity index (χ2v) is 5.90. The molecule has 20 heavy (non-hydrogen) atoms. The normalized spacial score (nSPS) is 26.6. The van der Waals surface area contributed by atoms with Gasteiger partial charge in [0.1, 0.15) is 5.75 Å². The van der Waals surface area contributed by atoms with Gasteiger partial charge in [-0.15, -0.1) is 0 Å². The molecular weight excluding hydrogens is 252 g/mol. The molecule has 1 N–H and O–H groups in total. The van der Waals surface area contributed by atoms with Crippen molar-refractivity contribution in [2.75, 3.05) is 0 Å². The summed E-state index contributed by atoms with van der Waals surface area (Å²) in [6.45, 7) is 4.57. The van der Waals surface area contributed by atoms with Crippen LogP contribution in [0, 0.1) is 11.8 Å². The van der Waals surface area contributed by atoms with E-state index in [9.17, 15) is 4.79 Å². The molecule has 1 aliphatic rings. The minimum Gasteiger partial charge on any atom is -0.490 e. The van der Waals surface area contributed by atoms with Gasteiger partial charge >= 0.3 is 5.97 Å². The number of ether oxygens (including phenoxy) is 1. The zero-order chi connectivity index (χ0) is 14.5. The highest BCUT2D eigenvalue weighted by Gasteiger charge is 2.25. The molecule has 0 saturated heterocycles. The topological polar surface area (TPSA) is 46.5 Å². The van der Waals surface area contributed by atoms with Crippen LogP contribution in [0.3, 0.4) is 0 Å². The van der Waals surface area contributed by atoms with Gasteiger partial charge in [0.2, 0.25) is 0 Å². The second kappa shape index (κ2) is 6.60. The van der Waals surface area contributed by atoms with Crippen LogP contribution in [-0.2, 0) is 4.79 Å². The maximum atomic E-state index is 10.5. The third-order valence-electron chi connectivity index (χ3n) is 3.74. The Hall–Kier alpha value is -1.77. The molecule has 1 fully saturated rings. The lowest BCUT2D eigenvalue weighted by molar-refractivity contribution is -0.131. The third-order valence-corrected chi connectivity index (χ3v) is 3.74. The minimum atomic E-state index is -0.935. The number of benzene rings is 1. The highest BCUT2D eigenvalue weighted by Crippen LogP contribution is 2.31. The highest BCUT2D eigenvalue weighted by atomic mass is 16.5. The lowest BCUT2D eigenvalue weighted by atomic mass is 9.82. The number of aliphatic carboxylic acids is 1. The number of hydrogen-bond donors (Lipinski definition) is 1. The number of carbonyl (C=O) groups is 1. The molecule has 1 aromatic carbocycles. The first kappa shape index (κ1) is 14.6. The average Bonchev–Trinajstić information content (AvgIpc) is 2.36. The van der Waals surface area contributed by atoms with E-state index >= 15 is 0 Å². The SMILES string of the molecule is CC1CC(C)CC(Oc2ccc(C=CC(=O)O)cc2)C1. The lowest BCUT2D eigenvalue weighted by Crippen LogP contribution is -2.28. The second-order valence-electron chi connectivity index (χ2n) is 5.90. The van der Waals surface area contributed by atoms with E-state index in [1.54, 1.807) is 6.08 Å². The summed E-state index contributed by atoms with van der Waals surface area (Å²) in [6, 6.07) is 7.58. The summed E-state index contributed by atoms with van der Waals surface area (Å²) in [6.07, 6.45) is 6.54. The standard InChI is InChI=1S/C17H22O3/c1-12-9-13(2)11-16(10-12)20-15-6-3-14(4-7-15)5-8-17(18)19/h3-8,12-13,16H,9-11H2,1-2H3,(H,18,19). The summed E-state index contributed by atoms with van der Waals surface area (Å²) in [5, 5.41) is 8.58. The molecule has 0 aromatic heterocycles. The Labute approximate surface area is 120 Å². The van der Waals surface area contributed by atoms with Gasteiger partial charge in [-0.25, -0.2) is 4.79 Å². The van der Waals surface area contributed by atoms with E-state index in [-0.39, 0.29) is 0 Å². The fourth-order valence-electron chi connectivity index (χ4n) is 2.99. The molecule has 2 rings (SSSR count). The van der Waals surface area contributed by atoms with Gasteiger partial charge in [-0.3, -0.25) is 0 Å². The van der Waals surface area contributed by atoms with Crippen LogP contribution in [0.5, 0.6) is 5.75 Å². The van der Waals surface area contributed by atoms with Crippen molar-refractivity contribution in [3.63, 3.8) is 0 Å². The van der Waals surface area contributed by atoms with E-state index in [1.807, 2.05) is 24.3 Å². The smallest absolute Gasteiger partial charge is 0.328 e. The van der Waals surface area contributed by atoms with Crippen LogP contribution in [0.25, 0.3) is 6.08 Å². The van der Waals surface area contributed by atoms with Crippen molar-refractivity contribution in [3.05, 3.63) is 35.9 Å². The quantitative estimate of drug-likeness (QED) is 0.844. The lowest BCUT2D eigenvalue weighted by Gasteiger charge is -2.31. The van der Waals surface area contributed by atoms with Gasteiger partial charge in [0.25, 0.3) is 0 Å². The molecule has 1 aliphatic carbocycles. The first-order valence-electron chi connectivity index (χ1n) is 7.20. The highest BCUT2D eigenvalue weighted by molar-refractivity contribution is 5.85. The molecule has 0 amide bonds. The molecule has 1 saturated carbocycles. The Balaban J connectivity index is 1.95. The van der Waals surface area contributed by atoms with Crippen molar-refractivity contribution >= 4 is 12.0 Å². The van der Waals surface area contributed by atoms with Crippen molar-refractivity contribution < 1.29 is 14.6 Å². The Morgan fingerprint density at radius 3 is 2.30 bits per heavy atom. The van der Waals surface area contributed by atoms with Crippen molar-refractivity contribution in [1.29, 1.82) is 0 Å². The zero-order valence-electron chi connectivity index (χ0n) is 12.1. The Morgan fingerprint density at radius 2 is 1.75 bits per heavy atom. The largest absolute Gasteiger partial charge is 0.490 e. The molecule has 0 spiro atoms. The Bertz CT molecular complexity index is 466. The molecule has 2 atom stereocenters. The summed E-state index contributed by atoms with van der Waals surface area (Å²) in [5.41, 5.74) is 0.866. The molecule has 3 nitrogen and oxygen atoms in total. The first-order chi connectivity index (χ1) is 9.52. The van der Waals surface area contributed by atoms with Gasteiger partial charge in [0.15, 0.2) is 0 Å². The van der Waals surface area contributed by atoms with Crippen LogP contribution in [0.15, 0.2) is 30.3 Å². The van der Waals surface area contributed by atoms with Gasteiger partial charge in [0.05, 0.1) is 6.10 Å². The van der Waals surface area contributed by atoms with E-state index in [4.69, 9.17) is 9.84 Å². The molecule has 3 heteroatoms. The van der Waals surface area contributed by atoms with Gasteiger partial charge < -0.3 is 9.84 Å². The molecular formula is C17H22O3. The van der Waals surface area contributed by atoms with Crippen LogP contribution in [0.1, 0.15) is 38.7 Å². The summed E-state index contributed by atoms with van der Waals surface area (Å²) in [4.78, 5) is 10.5. The number of hydrogen-bond acceptors (Lipinski definition) is 2. The van der Waals surface area contributed by atoms with Crippen LogP contribution in [0.2, 0.25) is 0 Å². The average molecular weight is 274 g/mol. The van der Waals surface area contributed by atoms with Gasteiger partial charge in [-0.05, 0) is 54.9 Å². The predicted molar refractivity (Wildman–Crippen MR) is 79.7 cm³/mol. The molecule has 0 radical (unpaired) electrons. The van der Waals surface area contributed by atoms with Crippen LogP contribution < -0.4 is 4.74 Å². The number of carboxylic acid groups (broad SMARTS) is 1. The monoisotopic (exact) mass is 274 g/mol. The number of carboxylic acids is 1. The zero-order valence-corrected chi connectivity index (χ0v) is 12.1. The van der Waals surface area contributed by atoms with Crippen molar-refractivity contribution in [3.8, 4) is 5.75 Å². The predicted octanol–water partition coefficient (Wildman–Crippen LogP) is 3.99. The van der Waals surface area contributed by atoms with Gasteiger partial charge in [-0.2, -0.15) is 0 Å². The maximum absolute atomic E-state index is 10.5. The van der Waals surface area contributed by atoms with Gasteiger partial charge in [0, 0.05) is 6.08 Å². The summed E-state index contributed by atoms with van der Waals surface area (Å²) >= 11 is 0. The fourth-order valence-corrected chi connectivity index (χ4v) is 2.99. The van der Waals surface area contributed by atoms with E-state index in [1.165, 1.54) is 6.42 Å². The molecule has 0 aliphatic heterocycles. The van der Waals surface area contributed by atoms with Crippen LogP contribution >= 0.6 is 0 Å². The molecule has 0 bridgehead atoms. The molecule has 2 unspecified atom stereocenters. The minimum absolute atomic E-state index is 0.300. The van der Waals surface area contributed by atoms with Crippen molar-refractivity contribution in [2.45, 2.75) is 39.2 Å². The Kier molecular flexibility index (Phi) is 4.83. The number of rotatable bonds is 4. The van der Waals surface area contributed by atoms with Crippen molar-refractivity contribution in [2.24, 2.45) is 11.8 Å². The Morgan fingerprint density at radius 1 is 1.15 bits per heavy atom. The van der Waals surface area contributed by atoms with Crippen molar-refractivity contribution in [1.82, 2.24) is 0 Å². The van der Waals surface area contributed by atoms with E-state index in [2.05, 4.69) is 13.8 Å².